The molecule has 66 heavy (non-hydrogen) atoms. The van der Waals surface area contributed by atoms with Crippen LogP contribution in [0.1, 0.15) is 201 Å². The fourth-order valence-corrected chi connectivity index (χ4v) is 9.15. The van der Waals surface area contributed by atoms with E-state index in [4.69, 9.17) is 18.9 Å². The first-order valence-corrected chi connectivity index (χ1v) is 25.2. The molecule has 1 aliphatic carbocycles. The minimum Gasteiger partial charge on any atom is -0.493 e. The highest BCUT2D eigenvalue weighted by atomic mass is 16.5. The minimum atomic E-state index is -0.102. The third-order valence-corrected chi connectivity index (χ3v) is 13.2. The minimum absolute atomic E-state index is 0.0982. The second kappa shape index (κ2) is 21.5. The molecule has 1 aliphatic heterocycles. The Morgan fingerprint density at radius 3 is 0.970 bits per heavy atom. The average Bonchev–Trinajstić information content (AvgIpc) is 3.22. The molecule has 4 nitrogen and oxygen atoms in total. The Labute approximate surface area is 401 Å². The Balaban J connectivity index is 1.80. The molecule has 0 aromatic heterocycles. The number of ether oxygens (including phenoxy) is 4. The van der Waals surface area contributed by atoms with Gasteiger partial charge in [-0.05, 0) is 140 Å². The van der Waals surface area contributed by atoms with E-state index < -0.39 is 0 Å². The van der Waals surface area contributed by atoms with E-state index in [1.807, 2.05) is 12.2 Å². The molecule has 0 fully saturated rings. The van der Waals surface area contributed by atoms with Gasteiger partial charge in [-0.1, -0.05) is 156 Å². The highest BCUT2D eigenvalue weighted by Crippen LogP contribution is 2.44. The molecule has 6 rings (SSSR count). The van der Waals surface area contributed by atoms with Crippen LogP contribution in [-0.4, -0.2) is 26.4 Å². The second-order valence-corrected chi connectivity index (χ2v) is 23.2. The first-order chi connectivity index (χ1) is 31.2. The number of hydrogen-bond acceptors (Lipinski definition) is 4. The van der Waals surface area contributed by atoms with Crippen LogP contribution in [0.3, 0.4) is 0 Å². The molecule has 1 heterocycles. The van der Waals surface area contributed by atoms with Gasteiger partial charge in [0.05, 0.1) is 26.4 Å². The fourth-order valence-electron chi connectivity index (χ4n) is 9.15. The third-order valence-electron chi connectivity index (χ3n) is 13.2. The topological polar surface area (TPSA) is 36.9 Å². The van der Waals surface area contributed by atoms with Crippen molar-refractivity contribution in [3.05, 3.63) is 153 Å². The number of rotatable bonds is 10. The molecule has 10 bridgehead atoms. The van der Waals surface area contributed by atoms with E-state index >= 15 is 0 Å². The van der Waals surface area contributed by atoms with E-state index in [9.17, 15) is 0 Å². The number of allylic oxidation sites excluding steroid dienone is 4. The van der Waals surface area contributed by atoms with Gasteiger partial charge in [-0.15, -0.1) is 13.2 Å². The lowest BCUT2D eigenvalue weighted by Gasteiger charge is -2.29. The van der Waals surface area contributed by atoms with Crippen molar-refractivity contribution in [1.29, 1.82) is 0 Å². The van der Waals surface area contributed by atoms with Crippen LogP contribution < -0.4 is 18.9 Å². The van der Waals surface area contributed by atoms with Crippen LogP contribution in [0.25, 0.3) is 0 Å². The van der Waals surface area contributed by atoms with Crippen LogP contribution in [0.15, 0.2) is 86.0 Å². The zero-order chi connectivity index (χ0) is 47.9. The molecular formula is C62H84O4. The molecule has 356 valence electrons. The van der Waals surface area contributed by atoms with Crippen LogP contribution in [0.5, 0.6) is 23.0 Å². The molecule has 2 aliphatic rings. The smallest absolute Gasteiger partial charge is 0.126 e. The van der Waals surface area contributed by atoms with Crippen molar-refractivity contribution in [2.24, 2.45) is 0 Å². The molecule has 0 radical (unpaired) electrons. The van der Waals surface area contributed by atoms with E-state index in [1.165, 1.54) is 66.8 Å². The second-order valence-electron chi connectivity index (χ2n) is 23.2. The Hall–Kier alpha value is -4.70. The van der Waals surface area contributed by atoms with E-state index in [-0.39, 0.29) is 21.7 Å². The van der Waals surface area contributed by atoms with Crippen molar-refractivity contribution in [3.63, 3.8) is 0 Å². The van der Waals surface area contributed by atoms with Gasteiger partial charge in [-0.3, -0.25) is 0 Å². The van der Waals surface area contributed by atoms with E-state index in [0.717, 1.165) is 74.4 Å². The molecule has 4 heteroatoms. The predicted octanol–water partition coefficient (Wildman–Crippen LogP) is 16.1. The predicted molar refractivity (Wildman–Crippen MR) is 280 cm³/mol. The van der Waals surface area contributed by atoms with Gasteiger partial charge in [0.15, 0.2) is 0 Å². The SMILES string of the molecule is C=CCCCOc1c2cc(C(C)(C)C)cc1Cc1cc(C(C)(C)C)cc3c1OCCCC=CCCCOc1c(cc(C(C)(C)C)cc1Cc1cc(C(C)(C)C)cc(c1OCCCC=C)C3)C2. The van der Waals surface area contributed by atoms with Crippen LogP contribution in [0.4, 0.5) is 0 Å². The number of benzene rings is 4. The molecular weight excluding hydrogens is 809 g/mol. The quantitative estimate of drug-likeness (QED) is 0.103. The van der Waals surface area contributed by atoms with E-state index in [2.05, 4.69) is 157 Å². The number of unbranched alkanes of at least 4 members (excludes halogenated alkanes) is 2. The highest BCUT2D eigenvalue weighted by Gasteiger charge is 2.29. The zero-order valence-corrected chi connectivity index (χ0v) is 43.3. The standard InChI is InChI=1S/C62H84O4/c1-15-17-23-27-63-55-43-31-47-39-53(61(9,10)11)41-49-33-45-37-52(60(6,7)8)38-46(56(45)64-28-24-18-16-2)34-50-42-54(62(12,13)14)40-48(32-44(55)36-51(35-43)59(3,4)5)58(50)66-30-26-22-20-19-21-25-29-65-57(47)49/h15-16,19-20,35-42H,1-2,17-18,21-34H2,3-14H3. The Morgan fingerprint density at radius 2 is 0.712 bits per heavy atom. The molecule has 0 atom stereocenters. The maximum atomic E-state index is 7.18. The maximum Gasteiger partial charge on any atom is 0.126 e. The zero-order valence-electron chi connectivity index (χ0n) is 43.3. The van der Waals surface area contributed by atoms with Crippen molar-refractivity contribution in [1.82, 2.24) is 0 Å². The normalized spacial score (nSPS) is 15.0. The first kappa shape index (κ1) is 50.7. The van der Waals surface area contributed by atoms with Crippen LogP contribution in [0, 0.1) is 0 Å². The summed E-state index contributed by atoms with van der Waals surface area (Å²) < 4.78 is 28.6. The molecule has 0 N–H and O–H groups in total. The van der Waals surface area contributed by atoms with Crippen molar-refractivity contribution in [2.45, 2.75) is 182 Å². The number of hydrogen-bond donors (Lipinski definition) is 0. The average molecular weight is 893 g/mol. The summed E-state index contributed by atoms with van der Waals surface area (Å²) in [5.74, 6) is 3.96. The third kappa shape index (κ3) is 13.0. The molecule has 4 aromatic rings. The van der Waals surface area contributed by atoms with Gasteiger partial charge in [0, 0.05) is 25.7 Å². The van der Waals surface area contributed by atoms with Crippen molar-refractivity contribution in [3.8, 4) is 23.0 Å². The van der Waals surface area contributed by atoms with Gasteiger partial charge in [0.2, 0.25) is 0 Å². The summed E-state index contributed by atoms with van der Waals surface area (Å²) in [5, 5.41) is 0. The molecule has 0 amide bonds. The monoisotopic (exact) mass is 893 g/mol. The lowest BCUT2D eigenvalue weighted by Crippen LogP contribution is -2.18. The molecule has 0 spiro atoms. The molecule has 0 saturated heterocycles. The molecule has 4 aromatic carbocycles. The maximum absolute atomic E-state index is 7.18. The molecule has 0 unspecified atom stereocenters. The number of fused-ring (bicyclic) bond motifs is 2. The summed E-state index contributed by atoms with van der Waals surface area (Å²) in [7, 11) is 0. The van der Waals surface area contributed by atoms with Gasteiger partial charge < -0.3 is 18.9 Å². The first-order valence-electron chi connectivity index (χ1n) is 25.2. The molecule has 0 saturated carbocycles. The lowest BCUT2D eigenvalue weighted by atomic mass is 9.79. The lowest BCUT2D eigenvalue weighted by molar-refractivity contribution is 0.300. The van der Waals surface area contributed by atoms with Gasteiger partial charge in [-0.2, -0.15) is 0 Å². The fraction of sp³-hybridized carbons (Fsp3) is 0.516. The Kier molecular flexibility index (Phi) is 16.5. The van der Waals surface area contributed by atoms with Crippen LogP contribution in [-0.2, 0) is 47.3 Å². The Morgan fingerprint density at radius 1 is 0.439 bits per heavy atom. The van der Waals surface area contributed by atoms with Gasteiger partial charge >= 0.3 is 0 Å². The summed E-state index contributed by atoms with van der Waals surface area (Å²) in [4.78, 5) is 0. The van der Waals surface area contributed by atoms with E-state index in [0.29, 0.717) is 52.1 Å². The highest BCUT2D eigenvalue weighted by molar-refractivity contribution is 5.60. The van der Waals surface area contributed by atoms with E-state index in [1.54, 1.807) is 0 Å². The van der Waals surface area contributed by atoms with Crippen LogP contribution >= 0.6 is 0 Å². The van der Waals surface area contributed by atoms with Gasteiger partial charge in [-0.25, -0.2) is 0 Å². The Bertz CT molecular complexity index is 2080. The summed E-state index contributed by atoms with van der Waals surface area (Å²) >= 11 is 0. The van der Waals surface area contributed by atoms with Gasteiger partial charge in [0.25, 0.3) is 0 Å². The summed E-state index contributed by atoms with van der Waals surface area (Å²) in [6.07, 6.45) is 18.8. The van der Waals surface area contributed by atoms with Crippen molar-refractivity contribution in [2.75, 3.05) is 26.4 Å². The van der Waals surface area contributed by atoms with Crippen molar-refractivity contribution >= 4 is 0 Å². The van der Waals surface area contributed by atoms with Crippen LogP contribution in [0.2, 0.25) is 0 Å². The van der Waals surface area contributed by atoms with Crippen molar-refractivity contribution < 1.29 is 18.9 Å². The van der Waals surface area contributed by atoms with Gasteiger partial charge in [0.1, 0.15) is 23.0 Å². The summed E-state index contributed by atoms with van der Waals surface area (Å²) in [6.45, 7) is 38.5. The largest absolute Gasteiger partial charge is 0.493 e. The summed E-state index contributed by atoms with van der Waals surface area (Å²) in [5.41, 5.74) is 14.4. The summed E-state index contributed by atoms with van der Waals surface area (Å²) in [6, 6.07) is 19.5.